The van der Waals surface area contributed by atoms with Gasteiger partial charge < -0.3 is 15.0 Å². The van der Waals surface area contributed by atoms with E-state index in [1.807, 2.05) is 0 Å². The summed E-state index contributed by atoms with van der Waals surface area (Å²) in [6.07, 6.45) is -0.0386. The van der Waals surface area contributed by atoms with E-state index >= 15 is 0 Å². The highest BCUT2D eigenvalue weighted by Crippen LogP contribution is 2.29. The lowest BCUT2D eigenvalue weighted by Gasteiger charge is -2.28. The highest BCUT2D eigenvalue weighted by Gasteiger charge is 2.38. The van der Waals surface area contributed by atoms with Gasteiger partial charge in [-0.05, 0) is 45.4 Å². The smallest absolute Gasteiger partial charge is 0.410 e. The van der Waals surface area contributed by atoms with E-state index in [0.29, 0.717) is 12.1 Å². The highest BCUT2D eigenvalue weighted by molar-refractivity contribution is 7.89. The third-order valence-corrected chi connectivity index (χ3v) is 6.54. The van der Waals surface area contributed by atoms with Crippen LogP contribution in [-0.2, 0) is 19.6 Å². The van der Waals surface area contributed by atoms with Gasteiger partial charge in [0, 0.05) is 26.2 Å². The van der Waals surface area contributed by atoms with Crippen molar-refractivity contribution in [3.63, 3.8) is 0 Å². The zero-order valence-corrected chi connectivity index (χ0v) is 17.0. The van der Waals surface area contributed by atoms with Gasteiger partial charge in [0.1, 0.15) is 5.60 Å². The molecule has 9 nitrogen and oxygen atoms in total. The quantitative estimate of drug-likeness (QED) is 0.756. The lowest BCUT2D eigenvalue weighted by Crippen LogP contribution is -2.42. The molecule has 0 aromatic heterocycles. The maximum Gasteiger partial charge on any atom is 0.410 e. The molecule has 0 aliphatic carbocycles. The zero-order valence-electron chi connectivity index (χ0n) is 16.2. The van der Waals surface area contributed by atoms with Gasteiger partial charge in [0.25, 0.3) is 11.7 Å². The molecule has 0 radical (unpaired) electrons. The van der Waals surface area contributed by atoms with E-state index in [0.717, 1.165) is 0 Å². The summed E-state index contributed by atoms with van der Waals surface area (Å²) in [5, 5.41) is 2.39. The highest BCUT2D eigenvalue weighted by atomic mass is 32.2. The molecule has 1 N–H and O–H groups in total. The first kappa shape index (κ1) is 20.3. The molecular formula is C18H23N3O6S. The van der Waals surface area contributed by atoms with E-state index in [2.05, 4.69) is 5.32 Å². The van der Waals surface area contributed by atoms with Gasteiger partial charge >= 0.3 is 6.09 Å². The van der Waals surface area contributed by atoms with Crippen molar-refractivity contribution in [1.29, 1.82) is 0 Å². The number of anilines is 1. The van der Waals surface area contributed by atoms with Crippen LogP contribution in [0.1, 0.15) is 37.6 Å². The summed E-state index contributed by atoms with van der Waals surface area (Å²) in [4.78, 5) is 36.9. The van der Waals surface area contributed by atoms with Crippen molar-refractivity contribution in [2.24, 2.45) is 0 Å². The Labute approximate surface area is 163 Å². The third-order valence-electron chi connectivity index (χ3n) is 4.68. The van der Waals surface area contributed by atoms with Crippen molar-refractivity contribution >= 4 is 33.5 Å². The molecule has 3 rings (SSSR count). The van der Waals surface area contributed by atoms with E-state index in [9.17, 15) is 22.8 Å². The van der Waals surface area contributed by atoms with E-state index in [4.69, 9.17) is 4.74 Å². The number of amides is 2. The molecule has 10 heteroatoms. The van der Waals surface area contributed by atoms with Crippen molar-refractivity contribution in [2.45, 2.75) is 43.7 Å². The van der Waals surface area contributed by atoms with Gasteiger partial charge in [0.2, 0.25) is 10.0 Å². The number of Topliss-reactive ketones (excluding diaryl/α,β-unsaturated/α-hetero) is 1. The van der Waals surface area contributed by atoms with Gasteiger partial charge in [-0.2, -0.15) is 4.31 Å². The Hall–Kier alpha value is -2.46. The summed E-state index contributed by atoms with van der Waals surface area (Å²) in [7, 11) is -2.28. The predicted molar refractivity (Wildman–Crippen MR) is 101 cm³/mol. The number of nitrogens with one attached hydrogen (secondary N) is 1. The molecule has 0 saturated carbocycles. The first-order chi connectivity index (χ1) is 12.9. The van der Waals surface area contributed by atoms with Gasteiger partial charge in [-0.25, -0.2) is 13.2 Å². The minimum Gasteiger partial charge on any atom is -0.444 e. The van der Waals surface area contributed by atoms with Crippen LogP contribution < -0.4 is 5.32 Å². The second-order valence-electron chi connectivity index (χ2n) is 7.89. The number of carbonyl (C=O) groups is 3. The van der Waals surface area contributed by atoms with Crippen molar-refractivity contribution < 1.29 is 27.5 Å². The number of sulfonamides is 1. The molecule has 2 heterocycles. The molecule has 1 saturated heterocycles. The van der Waals surface area contributed by atoms with Gasteiger partial charge in [-0.1, -0.05) is 0 Å². The van der Waals surface area contributed by atoms with E-state index in [1.165, 1.54) is 27.4 Å². The number of rotatable bonds is 3. The first-order valence-electron chi connectivity index (χ1n) is 8.86. The molecule has 1 fully saturated rings. The van der Waals surface area contributed by atoms with Crippen LogP contribution in [-0.4, -0.2) is 67.2 Å². The summed E-state index contributed by atoms with van der Waals surface area (Å²) in [6.45, 7) is 5.65. The number of ketones is 1. The normalized spacial score (nSPS) is 20.1. The molecule has 0 spiro atoms. The SMILES string of the molecule is CN(C(=O)OC(C)(C)C)C1CCN(S(=O)(=O)c2ccc3c(c2)C(=O)C(=O)N3)C1. The lowest BCUT2D eigenvalue weighted by atomic mass is 10.1. The summed E-state index contributed by atoms with van der Waals surface area (Å²) in [5.41, 5.74) is -0.288. The Bertz CT molecular complexity index is 951. The van der Waals surface area contributed by atoms with Crippen molar-refractivity contribution in [2.75, 3.05) is 25.5 Å². The number of fused-ring (bicyclic) bond motifs is 1. The van der Waals surface area contributed by atoms with Gasteiger partial charge in [0.15, 0.2) is 0 Å². The van der Waals surface area contributed by atoms with Crippen LogP contribution in [0.3, 0.4) is 0 Å². The molecule has 1 unspecified atom stereocenters. The van der Waals surface area contributed by atoms with Gasteiger partial charge in [-0.15, -0.1) is 0 Å². The topological polar surface area (TPSA) is 113 Å². The average Bonchev–Trinajstić information content (AvgIpc) is 3.19. The molecule has 0 bridgehead atoms. The molecule has 1 atom stereocenters. The molecule has 2 aliphatic rings. The average molecular weight is 409 g/mol. The Morgan fingerprint density at radius 1 is 1.29 bits per heavy atom. The molecule has 28 heavy (non-hydrogen) atoms. The van der Waals surface area contributed by atoms with Crippen LogP contribution in [0.15, 0.2) is 23.1 Å². The number of benzene rings is 1. The Morgan fingerprint density at radius 3 is 2.61 bits per heavy atom. The number of ether oxygens (including phenoxy) is 1. The standard InChI is InChI=1S/C18H23N3O6S/c1-18(2,3)27-17(24)20(4)11-7-8-21(10-11)28(25,26)12-5-6-14-13(9-12)15(22)16(23)19-14/h5-6,9,11H,7-8,10H2,1-4H3,(H,19,22,23). The van der Waals surface area contributed by atoms with Crippen molar-refractivity contribution in [3.8, 4) is 0 Å². The number of carbonyl (C=O) groups excluding carboxylic acids is 3. The fraction of sp³-hybridized carbons (Fsp3) is 0.500. The van der Waals surface area contributed by atoms with Crippen LogP contribution in [0.5, 0.6) is 0 Å². The zero-order chi connectivity index (χ0) is 20.9. The lowest BCUT2D eigenvalue weighted by molar-refractivity contribution is -0.112. The second-order valence-corrected chi connectivity index (χ2v) is 9.83. The number of nitrogens with zero attached hydrogens (tertiary/aromatic N) is 2. The van der Waals surface area contributed by atoms with Crippen LogP contribution in [0.4, 0.5) is 10.5 Å². The fourth-order valence-corrected chi connectivity index (χ4v) is 4.68. The monoisotopic (exact) mass is 409 g/mol. The summed E-state index contributed by atoms with van der Waals surface area (Å²) < 4.78 is 32.5. The summed E-state index contributed by atoms with van der Waals surface area (Å²) in [5.74, 6) is -1.53. The van der Waals surface area contributed by atoms with E-state index in [1.54, 1.807) is 27.8 Å². The Morgan fingerprint density at radius 2 is 1.96 bits per heavy atom. The molecular weight excluding hydrogens is 386 g/mol. The second kappa shape index (κ2) is 6.85. The molecule has 2 aliphatic heterocycles. The maximum atomic E-state index is 13.0. The Balaban J connectivity index is 1.75. The number of hydrogen-bond acceptors (Lipinski definition) is 6. The molecule has 2 amide bonds. The largest absolute Gasteiger partial charge is 0.444 e. The van der Waals surface area contributed by atoms with Gasteiger partial charge in [-0.3, -0.25) is 9.59 Å². The van der Waals surface area contributed by atoms with Crippen LogP contribution in [0.25, 0.3) is 0 Å². The number of likely N-dealkylation sites (N-methyl/N-ethyl adjacent to an activating group) is 1. The van der Waals surface area contributed by atoms with Crippen LogP contribution >= 0.6 is 0 Å². The number of hydrogen-bond donors (Lipinski definition) is 1. The molecule has 152 valence electrons. The Kier molecular flexibility index (Phi) is 4.96. The summed E-state index contributed by atoms with van der Waals surface area (Å²) in [6, 6.07) is 3.67. The van der Waals surface area contributed by atoms with Crippen molar-refractivity contribution in [3.05, 3.63) is 23.8 Å². The summed E-state index contributed by atoms with van der Waals surface area (Å²) >= 11 is 0. The van der Waals surface area contributed by atoms with Crippen LogP contribution in [0, 0.1) is 0 Å². The van der Waals surface area contributed by atoms with E-state index in [-0.39, 0.29) is 29.6 Å². The minimum absolute atomic E-state index is 0.0488. The van der Waals surface area contributed by atoms with E-state index < -0.39 is 33.4 Å². The molecule has 1 aromatic rings. The third kappa shape index (κ3) is 3.74. The van der Waals surface area contributed by atoms with Crippen LogP contribution in [0.2, 0.25) is 0 Å². The predicted octanol–water partition coefficient (Wildman–Crippen LogP) is 1.45. The fourth-order valence-electron chi connectivity index (χ4n) is 3.16. The van der Waals surface area contributed by atoms with Gasteiger partial charge in [0.05, 0.1) is 16.1 Å². The minimum atomic E-state index is -3.87. The maximum absolute atomic E-state index is 13.0. The first-order valence-corrected chi connectivity index (χ1v) is 10.3. The molecule has 1 aromatic carbocycles. The van der Waals surface area contributed by atoms with Crippen molar-refractivity contribution in [1.82, 2.24) is 9.21 Å².